The van der Waals surface area contributed by atoms with Gasteiger partial charge in [-0.25, -0.2) is 0 Å². The third kappa shape index (κ3) is 2.39. The van der Waals surface area contributed by atoms with Gasteiger partial charge in [0.15, 0.2) is 0 Å². The minimum absolute atomic E-state index is 0.320. The third-order valence-electron chi connectivity index (χ3n) is 4.81. The summed E-state index contributed by atoms with van der Waals surface area (Å²) in [4.78, 5) is 0. The molecule has 0 aromatic heterocycles. The normalized spacial score (nSPS) is 27.0. The van der Waals surface area contributed by atoms with Crippen LogP contribution in [0.1, 0.15) is 36.3 Å². The molecule has 2 aromatic carbocycles. The molecule has 108 valence electrons. The minimum Gasteiger partial charge on any atom is -0.486 e. The Morgan fingerprint density at radius 2 is 1.90 bits per heavy atom. The highest BCUT2D eigenvalue weighted by atomic mass is 16.5. The molecule has 2 aliphatic rings. The first-order chi connectivity index (χ1) is 10.3. The Kier molecular flexibility index (Phi) is 3.10. The molecule has 1 heterocycles. The summed E-state index contributed by atoms with van der Waals surface area (Å²) in [6.45, 7) is 2.13. The van der Waals surface area contributed by atoms with Gasteiger partial charge in [0, 0.05) is 0 Å². The van der Waals surface area contributed by atoms with E-state index in [4.69, 9.17) is 4.74 Å². The van der Waals surface area contributed by atoms with E-state index in [1.807, 2.05) is 0 Å². The van der Waals surface area contributed by atoms with Crippen molar-refractivity contribution in [2.75, 3.05) is 5.32 Å². The topological polar surface area (TPSA) is 21.3 Å². The van der Waals surface area contributed by atoms with Crippen LogP contribution in [0.15, 0.2) is 48.5 Å². The molecule has 1 aliphatic heterocycles. The zero-order chi connectivity index (χ0) is 14.2. The smallest absolute Gasteiger partial charge is 0.142 e. The maximum absolute atomic E-state index is 6.21. The first-order valence-electron chi connectivity index (χ1n) is 7.88. The van der Waals surface area contributed by atoms with E-state index in [9.17, 15) is 0 Å². The molecule has 0 radical (unpaired) electrons. The van der Waals surface area contributed by atoms with Gasteiger partial charge < -0.3 is 10.1 Å². The molecule has 1 N–H and O–H groups in total. The number of hydrogen-bond acceptors (Lipinski definition) is 2. The lowest BCUT2D eigenvalue weighted by molar-refractivity contribution is 0.122. The van der Waals surface area contributed by atoms with Crippen LogP contribution in [0, 0.1) is 6.92 Å². The highest BCUT2D eigenvalue weighted by molar-refractivity contribution is 5.60. The van der Waals surface area contributed by atoms with Gasteiger partial charge in [-0.1, -0.05) is 36.4 Å². The molecule has 4 rings (SSSR count). The molecular weight excluding hydrogens is 258 g/mol. The molecule has 3 unspecified atom stereocenters. The summed E-state index contributed by atoms with van der Waals surface area (Å²) in [6, 6.07) is 17.7. The molecule has 2 heteroatoms. The Morgan fingerprint density at radius 3 is 2.76 bits per heavy atom. The van der Waals surface area contributed by atoms with E-state index in [0.29, 0.717) is 18.1 Å². The van der Waals surface area contributed by atoms with Crippen LogP contribution in [0.4, 0.5) is 5.69 Å². The van der Waals surface area contributed by atoms with Crippen molar-refractivity contribution in [2.24, 2.45) is 0 Å². The van der Waals surface area contributed by atoms with Crippen LogP contribution in [0.25, 0.3) is 0 Å². The number of aryl methyl sites for hydroxylation is 1. The van der Waals surface area contributed by atoms with E-state index >= 15 is 0 Å². The fourth-order valence-corrected chi connectivity index (χ4v) is 3.69. The van der Waals surface area contributed by atoms with Gasteiger partial charge in [-0.05, 0) is 55.4 Å². The fourth-order valence-electron chi connectivity index (χ4n) is 3.69. The van der Waals surface area contributed by atoms with Gasteiger partial charge in [0.2, 0.25) is 0 Å². The second-order valence-corrected chi connectivity index (χ2v) is 6.33. The van der Waals surface area contributed by atoms with E-state index < -0.39 is 0 Å². The molecular formula is C19H21NO. The Bertz CT molecular complexity index is 637. The zero-order valence-electron chi connectivity index (χ0n) is 12.4. The van der Waals surface area contributed by atoms with Crippen molar-refractivity contribution >= 4 is 5.69 Å². The Labute approximate surface area is 126 Å². The van der Waals surface area contributed by atoms with Crippen LogP contribution in [0.3, 0.4) is 0 Å². The number of ether oxygens (including phenoxy) is 1. The van der Waals surface area contributed by atoms with E-state index in [1.165, 1.54) is 17.5 Å². The monoisotopic (exact) mass is 279 g/mol. The molecule has 0 amide bonds. The number of fused-ring (bicyclic) bond motifs is 2. The second-order valence-electron chi connectivity index (χ2n) is 6.33. The van der Waals surface area contributed by atoms with Gasteiger partial charge in [-0.2, -0.15) is 0 Å². The summed E-state index contributed by atoms with van der Waals surface area (Å²) in [7, 11) is 0. The summed E-state index contributed by atoms with van der Waals surface area (Å²) in [5.74, 6) is 1.66. The van der Waals surface area contributed by atoms with Gasteiger partial charge in [0.05, 0.1) is 11.7 Å². The van der Waals surface area contributed by atoms with E-state index in [2.05, 4.69) is 60.8 Å². The average molecular weight is 279 g/mol. The van der Waals surface area contributed by atoms with Crippen LogP contribution in [-0.2, 0) is 0 Å². The molecule has 0 bridgehead atoms. The van der Waals surface area contributed by atoms with E-state index in [1.54, 1.807) is 0 Å². The molecule has 0 spiro atoms. The van der Waals surface area contributed by atoms with Gasteiger partial charge >= 0.3 is 0 Å². The van der Waals surface area contributed by atoms with Gasteiger partial charge in [0.25, 0.3) is 0 Å². The number of nitrogens with one attached hydrogen (secondary N) is 1. The lowest BCUT2D eigenvalue weighted by atomic mass is 9.79. The van der Waals surface area contributed by atoms with Crippen LogP contribution in [0.5, 0.6) is 5.75 Å². The quantitative estimate of drug-likeness (QED) is 0.829. The molecule has 2 nitrogen and oxygen atoms in total. The predicted octanol–water partition coefficient (Wildman–Crippen LogP) is 4.50. The minimum atomic E-state index is 0.320. The lowest BCUT2D eigenvalue weighted by Gasteiger charge is -2.41. The first kappa shape index (κ1) is 12.8. The van der Waals surface area contributed by atoms with Crippen molar-refractivity contribution in [1.29, 1.82) is 0 Å². The summed E-state index contributed by atoms with van der Waals surface area (Å²) < 4.78 is 6.21. The Hall–Kier alpha value is -1.96. The SMILES string of the molecule is Cc1ccc2c(c1)NC1CC(c3ccccc3)CCC1O2. The molecule has 21 heavy (non-hydrogen) atoms. The zero-order valence-corrected chi connectivity index (χ0v) is 12.4. The summed E-state index contributed by atoms with van der Waals surface area (Å²) >= 11 is 0. The molecule has 1 fully saturated rings. The number of rotatable bonds is 1. The molecule has 3 atom stereocenters. The molecule has 1 aliphatic carbocycles. The van der Waals surface area contributed by atoms with Gasteiger partial charge in [-0.15, -0.1) is 0 Å². The highest BCUT2D eigenvalue weighted by Gasteiger charge is 2.36. The fraction of sp³-hybridized carbons (Fsp3) is 0.368. The standard InChI is InChI=1S/C19H21NO/c1-13-7-9-18-16(11-13)20-17-12-15(8-10-19(17)21-18)14-5-3-2-4-6-14/h2-7,9,11,15,17,19-20H,8,10,12H2,1H3. The molecule has 2 aromatic rings. The van der Waals surface area contributed by atoms with Crippen molar-refractivity contribution in [3.05, 3.63) is 59.7 Å². The lowest BCUT2D eigenvalue weighted by Crippen LogP contribution is -2.45. The van der Waals surface area contributed by atoms with Crippen molar-refractivity contribution in [1.82, 2.24) is 0 Å². The van der Waals surface area contributed by atoms with Gasteiger partial charge in [-0.3, -0.25) is 0 Å². The van der Waals surface area contributed by atoms with E-state index in [-0.39, 0.29) is 0 Å². The number of anilines is 1. The first-order valence-corrected chi connectivity index (χ1v) is 7.88. The van der Waals surface area contributed by atoms with Crippen LogP contribution in [-0.4, -0.2) is 12.1 Å². The van der Waals surface area contributed by atoms with Crippen LogP contribution in [0.2, 0.25) is 0 Å². The molecule has 0 saturated heterocycles. The van der Waals surface area contributed by atoms with Crippen molar-refractivity contribution in [3.63, 3.8) is 0 Å². The van der Waals surface area contributed by atoms with Crippen LogP contribution >= 0.6 is 0 Å². The largest absolute Gasteiger partial charge is 0.486 e. The van der Waals surface area contributed by atoms with Gasteiger partial charge in [0.1, 0.15) is 11.9 Å². The van der Waals surface area contributed by atoms with Crippen molar-refractivity contribution < 1.29 is 4.74 Å². The molecule has 1 saturated carbocycles. The Balaban J connectivity index is 1.56. The van der Waals surface area contributed by atoms with Crippen molar-refractivity contribution in [2.45, 2.75) is 44.2 Å². The predicted molar refractivity (Wildman–Crippen MR) is 86.0 cm³/mol. The number of hydrogen-bond donors (Lipinski definition) is 1. The highest BCUT2D eigenvalue weighted by Crippen LogP contribution is 2.41. The second kappa shape index (κ2) is 5.10. The Morgan fingerprint density at radius 1 is 1.05 bits per heavy atom. The van der Waals surface area contributed by atoms with Crippen molar-refractivity contribution in [3.8, 4) is 5.75 Å². The summed E-state index contributed by atoms with van der Waals surface area (Å²) in [5.41, 5.74) is 3.90. The average Bonchev–Trinajstić information content (AvgIpc) is 2.53. The number of benzene rings is 2. The maximum atomic E-state index is 6.21. The summed E-state index contributed by atoms with van der Waals surface area (Å²) in [6.07, 6.45) is 3.82. The summed E-state index contributed by atoms with van der Waals surface area (Å²) in [5, 5.41) is 3.71. The van der Waals surface area contributed by atoms with Crippen LogP contribution < -0.4 is 10.1 Å². The maximum Gasteiger partial charge on any atom is 0.142 e. The van der Waals surface area contributed by atoms with E-state index in [0.717, 1.165) is 24.3 Å². The third-order valence-corrected chi connectivity index (χ3v) is 4.81.